The Morgan fingerprint density at radius 3 is 2.37 bits per heavy atom. The van der Waals surface area contributed by atoms with Gasteiger partial charge in [0.1, 0.15) is 16.5 Å². The first kappa shape index (κ1) is 18.3. The first-order valence-corrected chi connectivity index (χ1v) is 10.3. The molecule has 142 valence electrons. The van der Waals surface area contributed by atoms with Gasteiger partial charge in [0.05, 0.1) is 12.0 Å². The van der Waals surface area contributed by atoms with Gasteiger partial charge in [-0.2, -0.15) is 0 Å². The van der Waals surface area contributed by atoms with Crippen LogP contribution in [0.5, 0.6) is 0 Å². The predicted molar refractivity (Wildman–Crippen MR) is 113 cm³/mol. The summed E-state index contributed by atoms with van der Waals surface area (Å²) in [6.45, 7) is 11.0. The summed E-state index contributed by atoms with van der Waals surface area (Å²) in [6.07, 6.45) is 0. The SMILES string of the molecule is Cc1ccc(-c2c(C)sc3nc(C)nc(N4CCN(CCO)CC4)c23)cc1. The molecule has 3 heterocycles. The molecule has 0 aliphatic carbocycles. The van der Waals surface area contributed by atoms with Crippen molar-refractivity contribution in [3.8, 4) is 11.1 Å². The monoisotopic (exact) mass is 382 g/mol. The molecule has 0 radical (unpaired) electrons. The third kappa shape index (κ3) is 3.57. The van der Waals surface area contributed by atoms with E-state index in [1.54, 1.807) is 11.3 Å². The van der Waals surface area contributed by atoms with Gasteiger partial charge in [-0.3, -0.25) is 4.90 Å². The van der Waals surface area contributed by atoms with Crippen molar-refractivity contribution in [2.75, 3.05) is 44.2 Å². The molecule has 27 heavy (non-hydrogen) atoms. The number of piperazine rings is 1. The van der Waals surface area contributed by atoms with Gasteiger partial charge in [-0.15, -0.1) is 11.3 Å². The maximum atomic E-state index is 9.19. The molecule has 0 amide bonds. The molecule has 0 unspecified atom stereocenters. The lowest BCUT2D eigenvalue weighted by Crippen LogP contribution is -2.47. The average Bonchev–Trinajstić information content (AvgIpc) is 2.98. The summed E-state index contributed by atoms with van der Waals surface area (Å²) in [5.41, 5.74) is 3.77. The number of thiophene rings is 1. The number of aromatic nitrogens is 2. The second-order valence-electron chi connectivity index (χ2n) is 7.23. The second-order valence-corrected chi connectivity index (χ2v) is 8.43. The molecule has 1 aliphatic rings. The summed E-state index contributed by atoms with van der Waals surface area (Å²) in [5, 5.41) is 10.4. The second kappa shape index (κ2) is 7.54. The van der Waals surface area contributed by atoms with E-state index in [2.05, 4.69) is 47.9 Å². The molecule has 0 atom stereocenters. The van der Waals surface area contributed by atoms with Crippen LogP contribution in [0.2, 0.25) is 0 Å². The molecule has 1 aliphatic heterocycles. The maximum Gasteiger partial charge on any atom is 0.141 e. The molecule has 3 aromatic rings. The minimum Gasteiger partial charge on any atom is -0.395 e. The Morgan fingerprint density at radius 2 is 1.70 bits per heavy atom. The molecule has 0 saturated carbocycles. The number of benzene rings is 1. The quantitative estimate of drug-likeness (QED) is 0.750. The van der Waals surface area contributed by atoms with Gasteiger partial charge in [0.15, 0.2) is 0 Å². The molecule has 1 N–H and O–H groups in total. The molecule has 4 rings (SSSR count). The van der Waals surface area contributed by atoms with Gasteiger partial charge in [-0.1, -0.05) is 29.8 Å². The maximum absolute atomic E-state index is 9.19. The van der Waals surface area contributed by atoms with Crippen LogP contribution in [0.15, 0.2) is 24.3 Å². The zero-order valence-corrected chi connectivity index (χ0v) is 17.0. The topological polar surface area (TPSA) is 52.5 Å². The van der Waals surface area contributed by atoms with E-state index in [9.17, 15) is 5.11 Å². The van der Waals surface area contributed by atoms with Gasteiger partial charge in [0.25, 0.3) is 0 Å². The van der Waals surface area contributed by atoms with Gasteiger partial charge >= 0.3 is 0 Å². The number of hydrogen-bond donors (Lipinski definition) is 1. The van der Waals surface area contributed by atoms with Crippen molar-refractivity contribution in [2.24, 2.45) is 0 Å². The summed E-state index contributed by atoms with van der Waals surface area (Å²) < 4.78 is 0. The van der Waals surface area contributed by atoms with E-state index in [1.807, 2.05) is 6.92 Å². The molecular formula is C21H26N4OS. The van der Waals surface area contributed by atoms with Crippen LogP contribution in [0.25, 0.3) is 21.3 Å². The Hall–Kier alpha value is -2.02. The number of β-amino-alcohol motifs (C(OH)–C–C–N with tert-alkyl or cyclic N) is 1. The highest BCUT2D eigenvalue weighted by molar-refractivity contribution is 7.19. The van der Waals surface area contributed by atoms with Gasteiger partial charge < -0.3 is 10.0 Å². The number of hydrogen-bond acceptors (Lipinski definition) is 6. The highest BCUT2D eigenvalue weighted by Gasteiger charge is 2.24. The van der Waals surface area contributed by atoms with Crippen LogP contribution >= 0.6 is 11.3 Å². The van der Waals surface area contributed by atoms with Crippen molar-refractivity contribution in [3.05, 3.63) is 40.5 Å². The van der Waals surface area contributed by atoms with E-state index in [0.717, 1.165) is 49.2 Å². The lowest BCUT2D eigenvalue weighted by molar-refractivity contribution is 0.188. The van der Waals surface area contributed by atoms with Gasteiger partial charge in [0, 0.05) is 43.2 Å². The standard InChI is InChI=1S/C21H26N4OS/c1-14-4-6-17(7-5-14)18-15(2)27-21-19(18)20(22-16(3)23-21)25-10-8-24(9-11-25)12-13-26/h4-7,26H,8-13H2,1-3H3. The summed E-state index contributed by atoms with van der Waals surface area (Å²) in [5.74, 6) is 1.88. The number of aliphatic hydroxyl groups excluding tert-OH is 1. The van der Waals surface area contributed by atoms with Gasteiger partial charge in [-0.05, 0) is 26.3 Å². The van der Waals surface area contributed by atoms with Crippen molar-refractivity contribution >= 4 is 27.4 Å². The van der Waals surface area contributed by atoms with Crippen molar-refractivity contribution in [1.82, 2.24) is 14.9 Å². The lowest BCUT2D eigenvalue weighted by atomic mass is 10.0. The number of aliphatic hydroxyl groups is 1. The number of rotatable bonds is 4. The van der Waals surface area contributed by atoms with E-state index in [4.69, 9.17) is 9.97 Å². The van der Waals surface area contributed by atoms with Crippen molar-refractivity contribution in [3.63, 3.8) is 0 Å². The third-order valence-electron chi connectivity index (χ3n) is 5.25. The lowest BCUT2D eigenvalue weighted by Gasteiger charge is -2.35. The highest BCUT2D eigenvalue weighted by Crippen LogP contribution is 2.42. The molecule has 0 bridgehead atoms. The van der Waals surface area contributed by atoms with Crippen LogP contribution in [0.1, 0.15) is 16.3 Å². The minimum atomic E-state index is 0.220. The summed E-state index contributed by atoms with van der Waals surface area (Å²) in [4.78, 5) is 16.7. The first-order valence-electron chi connectivity index (χ1n) is 9.50. The summed E-state index contributed by atoms with van der Waals surface area (Å²) in [7, 11) is 0. The van der Waals surface area contributed by atoms with Crippen LogP contribution in [-0.4, -0.2) is 59.3 Å². The Balaban J connectivity index is 1.80. The van der Waals surface area contributed by atoms with Crippen molar-refractivity contribution < 1.29 is 5.11 Å². The Kier molecular flexibility index (Phi) is 5.12. The fourth-order valence-corrected chi connectivity index (χ4v) is 4.90. The van der Waals surface area contributed by atoms with Gasteiger partial charge in [-0.25, -0.2) is 9.97 Å². The van der Waals surface area contributed by atoms with E-state index >= 15 is 0 Å². The van der Waals surface area contributed by atoms with Crippen molar-refractivity contribution in [2.45, 2.75) is 20.8 Å². The zero-order chi connectivity index (χ0) is 19.0. The molecule has 1 saturated heterocycles. The molecule has 1 aromatic carbocycles. The average molecular weight is 383 g/mol. The molecule has 0 spiro atoms. The zero-order valence-electron chi connectivity index (χ0n) is 16.2. The van der Waals surface area contributed by atoms with Gasteiger partial charge in [0.2, 0.25) is 0 Å². The number of aryl methyl sites for hydroxylation is 3. The highest BCUT2D eigenvalue weighted by atomic mass is 32.1. The Bertz CT molecular complexity index is 943. The number of nitrogens with zero attached hydrogens (tertiary/aromatic N) is 4. The van der Waals surface area contributed by atoms with Crippen molar-refractivity contribution in [1.29, 1.82) is 0 Å². The molecule has 2 aromatic heterocycles. The van der Waals surface area contributed by atoms with E-state index in [1.165, 1.54) is 27.0 Å². The summed E-state index contributed by atoms with van der Waals surface area (Å²) in [6, 6.07) is 8.74. The fraction of sp³-hybridized carbons (Fsp3) is 0.429. The molecule has 6 heteroatoms. The first-order chi connectivity index (χ1) is 13.1. The van der Waals surface area contributed by atoms with E-state index < -0.39 is 0 Å². The van der Waals surface area contributed by atoms with Crippen LogP contribution in [0, 0.1) is 20.8 Å². The van der Waals surface area contributed by atoms with E-state index in [-0.39, 0.29) is 6.61 Å². The molecule has 1 fully saturated rings. The minimum absolute atomic E-state index is 0.220. The Labute approximate surface area is 164 Å². The molecule has 5 nitrogen and oxygen atoms in total. The van der Waals surface area contributed by atoms with Crippen LogP contribution < -0.4 is 4.90 Å². The van der Waals surface area contributed by atoms with E-state index in [0.29, 0.717) is 0 Å². The molecular weight excluding hydrogens is 356 g/mol. The fourth-order valence-electron chi connectivity index (χ4n) is 3.82. The number of anilines is 1. The Morgan fingerprint density at radius 1 is 1.00 bits per heavy atom. The third-order valence-corrected chi connectivity index (χ3v) is 6.25. The summed E-state index contributed by atoms with van der Waals surface area (Å²) >= 11 is 1.76. The smallest absolute Gasteiger partial charge is 0.141 e. The van der Waals surface area contributed by atoms with Crippen LogP contribution in [0.4, 0.5) is 5.82 Å². The number of fused-ring (bicyclic) bond motifs is 1. The largest absolute Gasteiger partial charge is 0.395 e. The van der Waals surface area contributed by atoms with Crippen LogP contribution in [-0.2, 0) is 0 Å². The van der Waals surface area contributed by atoms with Crippen LogP contribution in [0.3, 0.4) is 0 Å². The normalized spacial score (nSPS) is 15.6. The predicted octanol–water partition coefficient (Wildman–Crippen LogP) is 3.40.